The van der Waals surface area contributed by atoms with Gasteiger partial charge in [-0.1, -0.05) is 19.1 Å². The fourth-order valence-corrected chi connectivity index (χ4v) is 4.41. The summed E-state index contributed by atoms with van der Waals surface area (Å²) in [7, 11) is 0. The zero-order valence-electron chi connectivity index (χ0n) is 17.9. The number of carbonyl (C=O) groups excluding carboxylic acids is 1. The predicted molar refractivity (Wildman–Crippen MR) is 122 cm³/mol. The van der Waals surface area contributed by atoms with Crippen LogP contribution in [0, 0.1) is 6.92 Å². The highest BCUT2D eigenvalue weighted by atomic mass is 16.2. The van der Waals surface area contributed by atoms with E-state index in [9.17, 15) is 9.59 Å². The second-order valence-corrected chi connectivity index (χ2v) is 8.07. The number of nitrogens with zero attached hydrogens (tertiary/aromatic N) is 3. The molecule has 0 unspecified atom stereocenters. The molecule has 0 spiro atoms. The molecule has 6 heteroatoms. The number of carbonyl (C=O) groups is 1. The van der Waals surface area contributed by atoms with Crippen molar-refractivity contribution in [3.8, 4) is 0 Å². The van der Waals surface area contributed by atoms with E-state index in [0.29, 0.717) is 13.1 Å². The molecule has 30 heavy (non-hydrogen) atoms. The van der Waals surface area contributed by atoms with Crippen LogP contribution in [0.2, 0.25) is 0 Å². The first kappa shape index (κ1) is 20.3. The minimum absolute atomic E-state index is 0.0448. The largest absolute Gasteiger partial charge is 0.371 e. The molecule has 1 saturated heterocycles. The summed E-state index contributed by atoms with van der Waals surface area (Å²) in [5.41, 5.74) is 5.00. The number of hydrogen-bond donors (Lipinski definition) is 1. The summed E-state index contributed by atoms with van der Waals surface area (Å²) in [6, 6.07) is 13.9. The van der Waals surface area contributed by atoms with Crippen molar-refractivity contribution >= 4 is 28.3 Å². The molecule has 2 aromatic carbocycles. The Morgan fingerprint density at radius 3 is 2.30 bits per heavy atom. The molecule has 0 aliphatic carbocycles. The Kier molecular flexibility index (Phi) is 5.93. The number of benzene rings is 2. The highest BCUT2D eigenvalue weighted by Crippen LogP contribution is 2.26. The lowest BCUT2D eigenvalue weighted by Crippen LogP contribution is -2.26. The van der Waals surface area contributed by atoms with Gasteiger partial charge in [0.2, 0.25) is 5.91 Å². The van der Waals surface area contributed by atoms with Gasteiger partial charge >= 0.3 is 5.69 Å². The van der Waals surface area contributed by atoms with Crippen LogP contribution in [0.5, 0.6) is 0 Å². The molecule has 1 aliphatic heterocycles. The summed E-state index contributed by atoms with van der Waals surface area (Å²) in [5.74, 6) is -0.0810. The number of aromatic nitrogens is 2. The van der Waals surface area contributed by atoms with Crippen LogP contribution in [0.25, 0.3) is 11.0 Å². The molecule has 1 amide bonds. The first-order valence-corrected chi connectivity index (χ1v) is 10.9. The van der Waals surface area contributed by atoms with Crippen LogP contribution in [0.4, 0.5) is 11.4 Å². The van der Waals surface area contributed by atoms with Crippen LogP contribution in [-0.4, -0.2) is 28.1 Å². The minimum Gasteiger partial charge on any atom is -0.371 e. The molecule has 4 rings (SSSR count). The van der Waals surface area contributed by atoms with Crippen molar-refractivity contribution in [2.45, 2.75) is 52.6 Å². The Hall–Kier alpha value is -3.02. The Labute approximate surface area is 177 Å². The molecule has 1 aromatic heterocycles. The van der Waals surface area contributed by atoms with Crippen LogP contribution < -0.4 is 15.9 Å². The van der Waals surface area contributed by atoms with E-state index in [0.717, 1.165) is 36.2 Å². The second kappa shape index (κ2) is 8.78. The molecule has 1 fully saturated rings. The van der Waals surface area contributed by atoms with E-state index in [1.807, 2.05) is 36.4 Å². The van der Waals surface area contributed by atoms with Crippen molar-refractivity contribution in [3.63, 3.8) is 0 Å². The predicted octanol–water partition coefficient (Wildman–Crippen LogP) is 4.15. The Morgan fingerprint density at radius 1 is 1.00 bits per heavy atom. The van der Waals surface area contributed by atoms with Gasteiger partial charge in [0.15, 0.2) is 0 Å². The lowest BCUT2D eigenvalue weighted by Gasteiger charge is -2.20. The van der Waals surface area contributed by atoms with E-state index >= 15 is 0 Å². The lowest BCUT2D eigenvalue weighted by molar-refractivity contribution is -0.116. The monoisotopic (exact) mass is 406 g/mol. The van der Waals surface area contributed by atoms with Crippen LogP contribution in [-0.2, 0) is 17.9 Å². The highest BCUT2D eigenvalue weighted by Gasteiger charge is 2.16. The molecule has 2 heterocycles. The van der Waals surface area contributed by atoms with Crippen molar-refractivity contribution in [2.24, 2.45) is 0 Å². The number of amides is 1. The molecule has 6 nitrogen and oxygen atoms in total. The third-order valence-corrected chi connectivity index (χ3v) is 5.86. The highest BCUT2D eigenvalue weighted by molar-refractivity contribution is 5.91. The lowest BCUT2D eigenvalue weighted by atomic mass is 10.1. The van der Waals surface area contributed by atoms with Gasteiger partial charge in [-0.05, 0) is 62.1 Å². The Morgan fingerprint density at radius 2 is 1.67 bits per heavy atom. The molecule has 0 saturated carbocycles. The molecule has 1 aliphatic rings. The van der Waals surface area contributed by atoms with E-state index in [4.69, 9.17) is 0 Å². The van der Waals surface area contributed by atoms with Gasteiger partial charge in [-0.3, -0.25) is 13.9 Å². The van der Waals surface area contributed by atoms with E-state index < -0.39 is 0 Å². The van der Waals surface area contributed by atoms with Gasteiger partial charge in [0.05, 0.1) is 11.0 Å². The van der Waals surface area contributed by atoms with Crippen LogP contribution in [0.1, 0.15) is 38.2 Å². The Balaban J connectivity index is 1.45. The van der Waals surface area contributed by atoms with Crippen molar-refractivity contribution in [1.82, 2.24) is 9.13 Å². The summed E-state index contributed by atoms with van der Waals surface area (Å²) >= 11 is 0. The van der Waals surface area contributed by atoms with E-state index in [-0.39, 0.29) is 18.0 Å². The van der Waals surface area contributed by atoms with Crippen LogP contribution in [0.3, 0.4) is 0 Å². The smallest absolute Gasteiger partial charge is 0.329 e. The normalized spacial score (nSPS) is 13.9. The number of imidazole rings is 1. The number of para-hydroxylation sites is 2. The molecular weight excluding hydrogens is 376 g/mol. The first-order chi connectivity index (χ1) is 14.6. The SMILES string of the molecule is CCCn1c(=O)n(CCC(=O)Nc2ccc(N3CCCC3)c(C)c2)c2ccccc21. The van der Waals surface area contributed by atoms with Gasteiger partial charge < -0.3 is 10.2 Å². The van der Waals surface area contributed by atoms with Gasteiger partial charge in [-0.15, -0.1) is 0 Å². The topological polar surface area (TPSA) is 59.3 Å². The zero-order valence-corrected chi connectivity index (χ0v) is 17.9. The van der Waals surface area contributed by atoms with Crippen LogP contribution in [0.15, 0.2) is 47.3 Å². The number of anilines is 2. The quantitative estimate of drug-likeness (QED) is 0.641. The van der Waals surface area contributed by atoms with Gasteiger partial charge in [0.1, 0.15) is 0 Å². The molecule has 158 valence electrons. The Bertz CT molecular complexity index is 1110. The maximum Gasteiger partial charge on any atom is 0.329 e. The summed E-state index contributed by atoms with van der Waals surface area (Å²) in [6.45, 7) is 7.40. The maximum atomic E-state index is 12.8. The van der Waals surface area contributed by atoms with E-state index in [1.54, 1.807) is 9.13 Å². The zero-order chi connectivity index (χ0) is 21.1. The molecule has 0 bridgehead atoms. The maximum absolute atomic E-state index is 12.8. The van der Waals surface area contributed by atoms with E-state index in [2.05, 4.69) is 30.1 Å². The second-order valence-electron chi connectivity index (χ2n) is 8.07. The molecule has 3 aromatic rings. The first-order valence-electron chi connectivity index (χ1n) is 10.9. The number of aryl methyl sites for hydroxylation is 3. The standard InChI is InChI=1S/C24H30N4O2/c1-3-13-27-21-8-4-5-9-22(21)28(24(27)30)16-12-23(29)25-19-10-11-20(18(2)17-19)26-14-6-7-15-26/h4-5,8-11,17H,3,6-7,12-16H2,1-2H3,(H,25,29). The third kappa shape index (κ3) is 3.99. The minimum atomic E-state index is -0.0810. The number of fused-ring (bicyclic) bond motifs is 1. The van der Waals surface area contributed by atoms with Gasteiger partial charge in [-0.2, -0.15) is 0 Å². The number of nitrogens with one attached hydrogen (secondary N) is 1. The average molecular weight is 407 g/mol. The summed E-state index contributed by atoms with van der Waals surface area (Å²) in [5, 5.41) is 2.99. The average Bonchev–Trinajstić information content (AvgIpc) is 3.35. The van der Waals surface area contributed by atoms with Crippen molar-refractivity contribution in [1.29, 1.82) is 0 Å². The van der Waals surface area contributed by atoms with Gasteiger partial charge in [-0.25, -0.2) is 4.79 Å². The molecule has 0 atom stereocenters. The third-order valence-electron chi connectivity index (χ3n) is 5.86. The number of rotatable bonds is 7. The van der Waals surface area contributed by atoms with Crippen molar-refractivity contribution in [2.75, 3.05) is 23.3 Å². The molecular formula is C24H30N4O2. The fraction of sp³-hybridized carbons (Fsp3) is 0.417. The fourth-order valence-electron chi connectivity index (χ4n) is 4.41. The number of hydrogen-bond acceptors (Lipinski definition) is 3. The molecule has 1 N–H and O–H groups in total. The van der Waals surface area contributed by atoms with Gasteiger partial charge in [0.25, 0.3) is 0 Å². The summed E-state index contributed by atoms with van der Waals surface area (Å²) in [6.07, 6.45) is 3.63. The summed E-state index contributed by atoms with van der Waals surface area (Å²) in [4.78, 5) is 27.8. The van der Waals surface area contributed by atoms with Gasteiger partial charge in [0, 0.05) is 44.0 Å². The van der Waals surface area contributed by atoms with E-state index in [1.165, 1.54) is 24.1 Å². The molecule has 0 radical (unpaired) electrons. The van der Waals surface area contributed by atoms with Crippen molar-refractivity contribution < 1.29 is 4.79 Å². The van der Waals surface area contributed by atoms with Crippen LogP contribution >= 0.6 is 0 Å². The summed E-state index contributed by atoms with van der Waals surface area (Å²) < 4.78 is 3.51. The van der Waals surface area contributed by atoms with Crippen molar-refractivity contribution in [3.05, 3.63) is 58.5 Å².